The number of aliphatic hydroxyl groups excluding tert-OH is 1. The first-order valence-corrected chi connectivity index (χ1v) is 6.28. The monoisotopic (exact) mass is 211 g/mol. The number of hydrogen-bond acceptors (Lipinski definition) is 2. The van der Waals surface area contributed by atoms with Crippen LogP contribution in [0.2, 0.25) is 0 Å². The Hall–Kier alpha value is -0.0800. The van der Waals surface area contributed by atoms with Crippen molar-refractivity contribution < 1.29 is 5.11 Å². The van der Waals surface area contributed by atoms with Gasteiger partial charge in [-0.25, -0.2) is 0 Å². The number of rotatable bonds is 3. The fraction of sp³-hybridized carbons (Fsp3) is 1.00. The second kappa shape index (κ2) is 3.46. The molecule has 2 N–H and O–H groups in total. The van der Waals surface area contributed by atoms with Crippen LogP contribution in [0.5, 0.6) is 0 Å². The van der Waals surface area contributed by atoms with Crippen molar-refractivity contribution in [2.45, 2.75) is 59.0 Å². The molecule has 0 aromatic heterocycles. The molecule has 2 aliphatic rings. The standard InChI is InChI=1S/C13H25NO/c1-9(8-15)14-11-7-10-5-6-13(11,4)12(10,2)3/h9-11,14-15H,5-8H2,1-4H3/t9-,10?,11?,13-/m1/s1. The molecule has 0 amide bonds. The highest BCUT2D eigenvalue weighted by Gasteiger charge is 2.61. The van der Waals surface area contributed by atoms with E-state index in [0.717, 1.165) is 5.92 Å². The average Bonchev–Trinajstić information content (AvgIpc) is 2.50. The van der Waals surface area contributed by atoms with Crippen molar-refractivity contribution in [3.8, 4) is 0 Å². The predicted octanol–water partition coefficient (Wildman–Crippen LogP) is 2.17. The van der Waals surface area contributed by atoms with Gasteiger partial charge >= 0.3 is 0 Å². The third kappa shape index (κ3) is 1.45. The van der Waals surface area contributed by atoms with E-state index in [-0.39, 0.29) is 12.6 Å². The molecule has 2 nitrogen and oxygen atoms in total. The molecule has 0 saturated heterocycles. The summed E-state index contributed by atoms with van der Waals surface area (Å²) in [4.78, 5) is 0. The lowest BCUT2D eigenvalue weighted by Gasteiger charge is -2.40. The first-order chi connectivity index (χ1) is 6.91. The normalized spacial score (nSPS) is 44.6. The van der Waals surface area contributed by atoms with E-state index in [2.05, 4.69) is 33.0 Å². The lowest BCUT2D eigenvalue weighted by Crippen LogP contribution is -2.48. The maximum Gasteiger partial charge on any atom is 0.0582 e. The van der Waals surface area contributed by atoms with Crippen molar-refractivity contribution in [3.63, 3.8) is 0 Å². The highest BCUT2D eigenvalue weighted by molar-refractivity contribution is 5.13. The summed E-state index contributed by atoms with van der Waals surface area (Å²) in [5, 5.41) is 12.7. The van der Waals surface area contributed by atoms with Crippen molar-refractivity contribution in [2.24, 2.45) is 16.7 Å². The van der Waals surface area contributed by atoms with Crippen LogP contribution in [0.4, 0.5) is 0 Å². The number of hydrogen-bond donors (Lipinski definition) is 2. The third-order valence-electron chi connectivity index (χ3n) is 5.55. The molecule has 0 spiro atoms. The van der Waals surface area contributed by atoms with E-state index in [0.29, 0.717) is 16.9 Å². The van der Waals surface area contributed by atoms with Crippen molar-refractivity contribution in [1.29, 1.82) is 0 Å². The number of aliphatic hydroxyl groups is 1. The molecule has 0 aliphatic heterocycles. The van der Waals surface area contributed by atoms with Gasteiger partial charge in [0.15, 0.2) is 0 Å². The van der Waals surface area contributed by atoms with E-state index in [9.17, 15) is 0 Å². The smallest absolute Gasteiger partial charge is 0.0582 e. The molecule has 2 rings (SSSR count). The summed E-state index contributed by atoms with van der Waals surface area (Å²) in [6.45, 7) is 9.60. The van der Waals surface area contributed by atoms with Crippen LogP contribution < -0.4 is 5.32 Å². The van der Waals surface area contributed by atoms with Crippen LogP contribution in [0.25, 0.3) is 0 Å². The largest absolute Gasteiger partial charge is 0.395 e. The molecule has 4 atom stereocenters. The minimum absolute atomic E-state index is 0.238. The average molecular weight is 211 g/mol. The topological polar surface area (TPSA) is 32.3 Å². The van der Waals surface area contributed by atoms with E-state index in [1.165, 1.54) is 19.3 Å². The van der Waals surface area contributed by atoms with Gasteiger partial charge in [0.25, 0.3) is 0 Å². The van der Waals surface area contributed by atoms with Gasteiger partial charge < -0.3 is 10.4 Å². The molecule has 15 heavy (non-hydrogen) atoms. The zero-order chi connectivity index (χ0) is 11.3. The van der Waals surface area contributed by atoms with Crippen LogP contribution in [0.1, 0.15) is 47.0 Å². The van der Waals surface area contributed by atoms with E-state index in [1.54, 1.807) is 0 Å². The molecular formula is C13H25NO. The van der Waals surface area contributed by atoms with Crippen LogP contribution in [0.3, 0.4) is 0 Å². The van der Waals surface area contributed by atoms with Crippen LogP contribution in [-0.4, -0.2) is 23.8 Å². The van der Waals surface area contributed by atoms with Gasteiger partial charge in [0.2, 0.25) is 0 Å². The van der Waals surface area contributed by atoms with Gasteiger partial charge in [-0.3, -0.25) is 0 Å². The summed E-state index contributed by atoms with van der Waals surface area (Å²) in [5.74, 6) is 0.880. The van der Waals surface area contributed by atoms with Gasteiger partial charge in [0.05, 0.1) is 6.61 Å². The summed E-state index contributed by atoms with van der Waals surface area (Å²) in [6.07, 6.45) is 4.05. The van der Waals surface area contributed by atoms with E-state index in [4.69, 9.17) is 5.11 Å². The second-order valence-corrected chi connectivity index (χ2v) is 6.41. The van der Waals surface area contributed by atoms with Crippen molar-refractivity contribution in [3.05, 3.63) is 0 Å². The lowest BCUT2D eigenvalue weighted by molar-refractivity contribution is 0.109. The van der Waals surface area contributed by atoms with Gasteiger partial charge in [0.1, 0.15) is 0 Å². The van der Waals surface area contributed by atoms with Crippen LogP contribution >= 0.6 is 0 Å². The number of nitrogens with one attached hydrogen (secondary N) is 1. The Kier molecular flexibility index (Phi) is 2.63. The Labute approximate surface area is 93.5 Å². The molecule has 0 aromatic rings. The van der Waals surface area contributed by atoms with Gasteiger partial charge in [-0.2, -0.15) is 0 Å². The van der Waals surface area contributed by atoms with Crippen molar-refractivity contribution in [2.75, 3.05) is 6.61 Å². The highest BCUT2D eigenvalue weighted by Crippen LogP contribution is 2.65. The van der Waals surface area contributed by atoms with Gasteiger partial charge in [-0.1, -0.05) is 20.8 Å². The molecule has 2 heteroatoms. The summed E-state index contributed by atoms with van der Waals surface area (Å²) in [6, 6.07) is 0.843. The molecule has 2 saturated carbocycles. The second-order valence-electron chi connectivity index (χ2n) is 6.41. The molecule has 2 unspecified atom stereocenters. The van der Waals surface area contributed by atoms with Crippen LogP contribution in [0, 0.1) is 16.7 Å². The van der Waals surface area contributed by atoms with Gasteiger partial charge in [0, 0.05) is 12.1 Å². The number of fused-ring (bicyclic) bond motifs is 2. The van der Waals surface area contributed by atoms with E-state index in [1.807, 2.05) is 0 Å². The lowest BCUT2D eigenvalue weighted by atomic mass is 9.69. The SMILES string of the molecule is C[C@H](CO)NC1CC2CC[C@@]1(C)C2(C)C. The van der Waals surface area contributed by atoms with Gasteiger partial charge in [-0.05, 0) is 42.9 Å². The Morgan fingerprint density at radius 2 is 2.07 bits per heavy atom. The van der Waals surface area contributed by atoms with E-state index >= 15 is 0 Å². The Morgan fingerprint density at radius 1 is 1.40 bits per heavy atom. The minimum atomic E-state index is 0.238. The van der Waals surface area contributed by atoms with Crippen LogP contribution in [0.15, 0.2) is 0 Å². The predicted molar refractivity (Wildman–Crippen MR) is 62.7 cm³/mol. The molecular weight excluding hydrogens is 186 g/mol. The third-order valence-corrected chi connectivity index (χ3v) is 5.55. The molecule has 2 fully saturated rings. The summed E-state index contributed by atoms with van der Waals surface area (Å²) < 4.78 is 0. The first-order valence-electron chi connectivity index (χ1n) is 6.28. The fourth-order valence-electron chi connectivity index (χ4n) is 3.85. The fourth-order valence-corrected chi connectivity index (χ4v) is 3.85. The molecule has 0 radical (unpaired) electrons. The summed E-state index contributed by atoms with van der Waals surface area (Å²) in [7, 11) is 0. The molecule has 0 aromatic carbocycles. The zero-order valence-corrected chi connectivity index (χ0v) is 10.5. The van der Waals surface area contributed by atoms with Gasteiger partial charge in [-0.15, -0.1) is 0 Å². The minimum Gasteiger partial charge on any atom is -0.395 e. The van der Waals surface area contributed by atoms with Crippen molar-refractivity contribution in [1.82, 2.24) is 5.32 Å². The molecule has 2 aliphatic carbocycles. The summed E-state index contributed by atoms with van der Waals surface area (Å²) >= 11 is 0. The molecule has 0 heterocycles. The summed E-state index contributed by atoms with van der Waals surface area (Å²) in [5.41, 5.74) is 0.904. The maximum atomic E-state index is 9.12. The quantitative estimate of drug-likeness (QED) is 0.750. The first kappa shape index (κ1) is 11.4. The highest BCUT2D eigenvalue weighted by atomic mass is 16.3. The Morgan fingerprint density at radius 3 is 2.47 bits per heavy atom. The van der Waals surface area contributed by atoms with E-state index < -0.39 is 0 Å². The van der Waals surface area contributed by atoms with Crippen LogP contribution in [-0.2, 0) is 0 Å². The van der Waals surface area contributed by atoms with Crippen molar-refractivity contribution >= 4 is 0 Å². The molecule has 88 valence electrons. The maximum absolute atomic E-state index is 9.12. The zero-order valence-electron chi connectivity index (χ0n) is 10.5. The Bertz CT molecular complexity index is 251. The Balaban J connectivity index is 2.12. The molecule has 2 bridgehead atoms.